The van der Waals surface area contributed by atoms with Crippen LogP contribution in [0.1, 0.15) is 26.7 Å². The highest BCUT2D eigenvalue weighted by Gasteiger charge is 2.42. The Balaban J connectivity index is 1.90. The van der Waals surface area contributed by atoms with Crippen molar-refractivity contribution < 1.29 is 9.90 Å². The number of aliphatic hydroxyl groups excluding tert-OH is 1. The van der Waals surface area contributed by atoms with E-state index in [0.717, 1.165) is 24.9 Å². The van der Waals surface area contributed by atoms with Crippen molar-refractivity contribution in [2.24, 2.45) is 23.7 Å². The average molecular weight is 211 g/mol. The molecule has 1 unspecified atom stereocenters. The smallest absolute Gasteiger partial charge is 0.248 e. The average Bonchev–Trinajstić information content (AvgIpc) is 2.72. The summed E-state index contributed by atoms with van der Waals surface area (Å²) in [5.74, 6) is 2.94. The Hall–Kier alpha value is -0.570. The van der Waals surface area contributed by atoms with Gasteiger partial charge in [0.05, 0.1) is 0 Å². The molecule has 1 heterocycles. The minimum absolute atomic E-state index is 0.0921. The first kappa shape index (κ1) is 10.9. The Bertz CT molecular complexity index is 238. The number of amides is 1. The van der Waals surface area contributed by atoms with Crippen LogP contribution >= 0.6 is 0 Å². The van der Waals surface area contributed by atoms with Gasteiger partial charge in [-0.2, -0.15) is 0 Å². The number of rotatable bonds is 2. The summed E-state index contributed by atoms with van der Waals surface area (Å²) in [6.07, 6.45) is 2.55. The fourth-order valence-corrected chi connectivity index (χ4v) is 3.19. The highest BCUT2D eigenvalue weighted by molar-refractivity contribution is 5.77. The molecule has 1 saturated carbocycles. The van der Waals surface area contributed by atoms with Gasteiger partial charge in [0.2, 0.25) is 5.91 Å². The molecule has 2 rings (SSSR count). The lowest BCUT2D eigenvalue weighted by Crippen LogP contribution is -2.32. The number of likely N-dealkylation sites (tertiary alicyclic amines) is 1. The monoisotopic (exact) mass is 211 g/mol. The van der Waals surface area contributed by atoms with Crippen LogP contribution in [0.15, 0.2) is 0 Å². The topological polar surface area (TPSA) is 40.5 Å². The molecule has 86 valence electrons. The van der Waals surface area contributed by atoms with E-state index < -0.39 is 0 Å². The van der Waals surface area contributed by atoms with E-state index in [1.807, 2.05) is 4.90 Å². The maximum Gasteiger partial charge on any atom is 0.248 e. The molecule has 3 atom stereocenters. The van der Waals surface area contributed by atoms with Gasteiger partial charge in [0, 0.05) is 13.1 Å². The molecule has 0 aromatic carbocycles. The highest BCUT2D eigenvalue weighted by atomic mass is 16.3. The predicted octanol–water partition coefficient (Wildman–Crippen LogP) is 1.12. The summed E-state index contributed by atoms with van der Waals surface area (Å²) in [4.78, 5) is 13.2. The normalized spacial score (nSPS) is 34.9. The van der Waals surface area contributed by atoms with Gasteiger partial charge in [-0.3, -0.25) is 4.79 Å². The second-order valence-electron chi connectivity index (χ2n) is 5.45. The Kier molecular flexibility index (Phi) is 3.01. The second kappa shape index (κ2) is 4.12. The molecule has 3 nitrogen and oxygen atoms in total. The molecule has 2 fully saturated rings. The lowest BCUT2D eigenvalue weighted by molar-refractivity contribution is -0.133. The van der Waals surface area contributed by atoms with E-state index in [1.165, 1.54) is 12.8 Å². The molecular formula is C12H21NO2. The standard InChI is InChI=1S/C12H21NO2/c1-8(2)9-3-10-5-13(12(15)7-14)6-11(10)4-9/h8-11,14H,3-7H2,1-2H3/t9?,10-,11+. The number of nitrogens with zero attached hydrogens (tertiary/aromatic N) is 1. The van der Waals surface area contributed by atoms with Crippen LogP contribution in [-0.2, 0) is 4.79 Å². The molecule has 0 bridgehead atoms. The first-order valence-electron chi connectivity index (χ1n) is 6.00. The van der Waals surface area contributed by atoms with Crippen molar-refractivity contribution in [2.45, 2.75) is 26.7 Å². The summed E-state index contributed by atoms with van der Waals surface area (Å²) >= 11 is 0. The van der Waals surface area contributed by atoms with E-state index in [9.17, 15) is 4.79 Å². The molecule has 0 aromatic heterocycles. The van der Waals surface area contributed by atoms with Crippen LogP contribution in [0, 0.1) is 23.7 Å². The second-order valence-corrected chi connectivity index (χ2v) is 5.45. The largest absolute Gasteiger partial charge is 0.387 e. The van der Waals surface area contributed by atoms with Crippen LogP contribution in [0.25, 0.3) is 0 Å². The Labute approximate surface area is 91.5 Å². The summed E-state index contributed by atoms with van der Waals surface area (Å²) in [6, 6.07) is 0. The van der Waals surface area contributed by atoms with Crippen LogP contribution in [0.4, 0.5) is 0 Å². The number of fused-ring (bicyclic) bond motifs is 1. The van der Waals surface area contributed by atoms with Crippen molar-refractivity contribution in [3.05, 3.63) is 0 Å². The molecule has 3 heteroatoms. The van der Waals surface area contributed by atoms with Crippen molar-refractivity contribution in [3.63, 3.8) is 0 Å². The molecule has 2 aliphatic rings. The Morgan fingerprint density at radius 3 is 2.27 bits per heavy atom. The SMILES string of the molecule is CC(C)C1C[C@@H]2CN(C(=O)CO)C[C@@H]2C1. The summed E-state index contributed by atoms with van der Waals surface area (Å²) in [5, 5.41) is 8.81. The maximum absolute atomic E-state index is 11.3. The van der Waals surface area contributed by atoms with Crippen molar-refractivity contribution in [1.29, 1.82) is 0 Å². The van der Waals surface area contributed by atoms with Gasteiger partial charge in [-0.05, 0) is 36.5 Å². The molecule has 1 N–H and O–H groups in total. The lowest BCUT2D eigenvalue weighted by atomic mass is 9.93. The van der Waals surface area contributed by atoms with Gasteiger partial charge >= 0.3 is 0 Å². The minimum Gasteiger partial charge on any atom is -0.387 e. The number of aliphatic hydroxyl groups is 1. The van der Waals surface area contributed by atoms with E-state index >= 15 is 0 Å². The van der Waals surface area contributed by atoms with Gasteiger partial charge in [-0.25, -0.2) is 0 Å². The molecule has 15 heavy (non-hydrogen) atoms. The molecule has 1 saturated heterocycles. The van der Waals surface area contributed by atoms with E-state index in [4.69, 9.17) is 5.11 Å². The third-order valence-corrected chi connectivity index (χ3v) is 4.22. The van der Waals surface area contributed by atoms with E-state index in [-0.39, 0.29) is 12.5 Å². The van der Waals surface area contributed by atoms with Crippen molar-refractivity contribution in [2.75, 3.05) is 19.7 Å². The quantitative estimate of drug-likeness (QED) is 0.743. The van der Waals surface area contributed by atoms with Crippen molar-refractivity contribution in [1.82, 2.24) is 4.90 Å². The van der Waals surface area contributed by atoms with E-state index in [0.29, 0.717) is 11.8 Å². The van der Waals surface area contributed by atoms with Gasteiger partial charge in [-0.15, -0.1) is 0 Å². The van der Waals surface area contributed by atoms with Gasteiger partial charge in [0.1, 0.15) is 6.61 Å². The molecule has 1 amide bonds. The van der Waals surface area contributed by atoms with Crippen LogP contribution < -0.4 is 0 Å². The van der Waals surface area contributed by atoms with E-state index in [2.05, 4.69) is 13.8 Å². The molecule has 1 aliphatic carbocycles. The zero-order chi connectivity index (χ0) is 11.0. The van der Waals surface area contributed by atoms with Crippen molar-refractivity contribution in [3.8, 4) is 0 Å². The van der Waals surface area contributed by atoms with Gasteiger partial charge < -0.3 is 10.0 Å². The first-order chi connectivity index (χ1) is 7.11. The highest BCUT2D eigenvalue weighted by Crippen LogP contribution is 2.44. The summed E-state index contributed by atoms with van der Waals surface area (Å²) < 4.78 is 0. The van der Waals surface area contributed by atoms with Gasteiger partial charge in [0.25, 0.3) is 0 Å². The summed E-state index contributed by atoms with van der Waals surface area (Å²) in [6.45, 7) is 6.03. The van der Waals surface area contributed by atoms with Crippen LogP contribution in [-0.4, -0.2) is 35.6 Å². The number of carbonyl (C=O) groups excluding carboxylic acids is 1. The number of hydrogen-bond donors (Lipinski definition) is 1. The van der Waals surface area contributed by atoms with Crippen LogP contribution in [0.2, 0.25) is 0 Å². The fraction of sp³-hybridized carbons (Fsp3) is 0.917. The number of carbonyl (C=O) groups is 1. The lowest BCUT2D eigenvalue weighted by Gasteiger charge is -2.20. The third-order valence-electron chi connectivity index (χ3n) is 4.22. The van der Waals surface area contributed by atoms with Crippen LogP contribution in [0.5, 0.6) is 0 Å². The van der Waals surface area contributed by atoms with Crippen LogP contribution in [0.3, 0.4) is 0 Å². The maximum atomic E-state index is 11.3. The summed E-state index contributed by atoms with van der Waals surface area (Å²) in [5.41, 5.74) is 0. The molecular weight excluding hydrogens is 190 g/mol. The van der Waals surface area contributed by atoms with Gasteiger partial charge in [0.15, 0.2) is 0 Å². The van der Waals surface area contributed by atoms with Gasteiger partial charge in [-0.1, -0.05) is 13.8 Å². The zero-order valence-electron chi connectivity index (χ0n) is 9.65. The fourth-order valence-electron chi connectivity index (χ4n) is 3.19. The van der Waals surface area contributed by atoms with E-state index in [1.54, 1.807) is 0 Å². The molecule has 0 radical (unpaired) electrons. The molecule has 0 spiro atoms. The first-order valence-corrected chi connectivity index (χ1v) is 6.00. The summed E-state index contributed by atoms with van der Waals surface area (Å²) in [7, 11) is 0. The Morgan fingerprint density at radius 2 is 1.87 bits per heavy atom. The van der Waals surface area contributed by atoms with Crippen molar-refractivity contribution >= 4 is 5.91 Å². The molecule has 1 aliphatic heterocycles. The Morgan fingerprint density at radius 1 is 1.33 bits per heavy atom. The number of hydrogen-bond acceptors (Lipinski definition) is 2. The zero-order valence-corrected chi connectivity index (χ0v) is 9.65. The predicted molar refractivity (Wildman–Crippen MR) is 58.2 cm³/mol. The third kappa shape index (κ3) is 2.03. The minimum atomic E-state index is -0.326. The molecule has 0 aromatic rings.